The Hall–Kier alpha value is -4.33. The number of hydrogen-bond acceptors (Lipinski definition) is 5. The van der Waals surface area contributed by atoms with E-state index in [9.17, 15) is 19.5 Å². The van der Waals surface area contributed by atoms with Gasteiger partial charge >= 0.3 is 12.1 Å². The van der Waals surface area contributed by atoms with Gasteiger partial charge in [0.2, 0.25) is 5.91 Å². The van der Waals surface area contributed by atoms with Crippen molar-refractivity contribution in [1.82, 2.24) is 10.6 Å². The average Bonchev–Trinajstić information content (AvgIpc) is 3.16. The van der Waals surface area contributed by atoms with Gasteiger partial charge in [0.05, 0.1) is 0 Å². The van der Waals surface area contributed by atoms with Crippen LogP contribution >= 0.6 is 0 Å². The van der Waals surface area contributed by atoms with Crippen LogP contribution in [-0.4, -0.2) is 47.4 Å². The van der Waals surface area contributed by atoms with E-state index in [1.165, 1.54) is 12.1 Å². The fourth-order valence-corrected chi connectivity index (χ4v) is 4.15. The van der Waals surface area contributed by atoms with Crippen LogP contribution in [0.4, 0.5) is 4.79 Å². The number of carboxylic acids is 1. The van der Waals surface area contributed by atoms with Crippen LogP contribution in [0, 0.1) is 0 Å². The number of aliphatic carboxylic acids is 1. The SMILES string of the molecule is O=C(O)CNC(=O)C(Cc1ccc(O)cc1)NC(=O)OCC1c2ccccc2-c2ccccc21. The molecule has 1 aliphatic rings. The number of carbonyl (C=O) groups excluding carboxylic acids is 2. The molecular weight excluding hydrogens is 436 g/mol. The highest BCUT2D eigenvalue weighted by Crippen LogP contribution is 2.44. The molecule has 0 spiro atoms. The van der Waals surface area contributed by atoms with Crippen molar-refractivity contribution in [1.29, 1.82) is 0 Å². The minimum absolute atomic E-state index is 0.0696. The van der Waals surface area contributed by atoms with Gasteiger partial charge in [-0.2, -0.15) is 0 Å². The van der Waals surface area contributed by atoms with Gasteiger partial charge in [0.1, 0.15) is 24.9 Å². The van der Waals surface area contributed by atoms with E-state index in [1.807, 2.05) is 48.5 Å². The van der Waals surface area contributed by atoms with Gasteiger partial charge in [0, 0.05) is 12.3 Å². The number of alkyl carbamates (subject to hydrolysis) is 1. The molecule has 0 radical (unpaired) electrons. The molecule has 1 unspecified atom stereocenters. The molecule has 1 atom stereocenters. The Morgan fingerprint density at radius 1 is 0.882 bits per heavy atom. The van der Waals surface area contributed by atoms with Crippen molar-refractivity contribution in [3.05, 3.63) is 89.5 Å². The lowest BCUT2D eigenvalue weighted by atomic mass is 9.98. The van der Waals surface area contributed by atoms with E-state index in [0.29, 0.717) is 5.56 Å². The molecule has 0 heterocycles. The van der Waals surface area contributed by atoms with E-state index in [2.05, 4.69) is 10.6 Å². The third-order valence-electron chi connectivity index (χ3n) is 5.74. The summed E-state index contributed by atoms with van der Waals surface area (Å²) in [6.07, 6.45) is -0.688. The zero-order valence-electron chi connectivity index (χ0n) is 18.2. The van der Waals surface area contributed by atoms with E-state index < -0.39 is 30.6 Å². The number of carboxylic acid groups (broad SMARTS) is 1. The summed E-state index contributed by atoms with van der Waals surface area (Å²) in [5, 5.41) is 23.2. The quantitative estimate of drug-likeness (QED) is 0.410. The smallest absolute Gasteiger partial charge is 0.407 e. The van der Waals surface area contributed by atoms with Crippen LogP contribution in [0.25, 0.3) is 11.1 Å². The third-order valence-corrected chi connectivity index (χ3v) is 5.74. The van der Waals surface area contributed by atoms with Gasteiger partial charge in [-0.15, -0.1) is 0 Å². The van der Waals surface area contributed by atoms with Gasteiger partial charge in [-0.1, -0.05) is 60.7 Å². The topological polar surface area (TPSA) is 125 Å². The van der Waals surface area contributed by atoms with E-state index in [4.69, 9.17) is 9.84 Å². The number of phenolic OH excluding ortho intramolecular Hbond substituents is 1. The van der Waals surface area contributed by atoms with Crippen LogP contribution in [0.15, 0.2) is 72.8 Å². The summed E-state index contributed by atoms with van der Waals surface area (Å²) in [6.45, 7) is -0.486. The molecule has 4 N–H and O–H groups in total. The molecule has 34 heavy (non-hydrogen) atoms. The zero-order chi connectivity index (χ0) is 24.1. The first-order chi connectivity index (χ1) is 16.4. The van der Waals surface area contributed by atoms with E-state index in [1.54, 1.807) is 12.1 Å². The Morgan fingerprint density at radius 3 is 2.06 bits per heavy atom. The first-order valence-electron chi connectivity index (χ1n) is 10.8. The van der Waals surface area contributed by atoms with E-state index in [-0.39, 0.29) is 24.7 Å². The van der Waals surface area contributed by atoms with E-state index in [0.717, 1.165) is 22.3 Å². The highest BCUT2D eigenvalue weighted by Gasteiger charge is 2.30. The first-order valence-corrected chi connectivity index (χ1v) is 10.8. The summed E-state index contributed by atoms with van der Waals surface area (Å²) in [7, 11) is 0. The maximum Gasteiger partial charge on any atom is 0.407 e. The summed E-state index contributed by atoms with van der Waals surface area (Å²) in [6, 6.07) is 21.0. The van der Waals surface area contributed by atoms with Crippen LogP contribution in [0.5, 0.6) is 5.75 Å². The second kappa shape index (κ2) is 10.1. The maximum absolute atomic E-state index is 12.7. The zero-order valence-corrected chi connectivity index (χ0v) is 18.2. The number of amides is 2. The molecule has 0 bridgehead atoms. The van der Waals surface area contributed by atoms with Crippen molar-refractivity contribution in [2.24, 2.45) is 0 Å². The van der Waals surface area contributed by atoms with Crippen LogP contribution < -0.4 is 10.6 Å². The van der Waals surface area contributed by atoms with Gasteiger partial charge in [0.25, 0.3) is 0 Å². The predicted octanol–water partition coefficient (Wildman–Crippen LogP) is 3.04. The number of phenols is 1. The number of rotatable bonds is 8. The molecule has 0 fully saturated rings. The molecule has 0 aromatic heterocycles. The molecule has 2 amide bonds. The molecule has 8 heteroatoms. The van der Waals surface area contributed by atoms with Crippen LogP contribution in [0.3, 0.4) is 0 Å². The Labute approximate surface area is 196 Å². The molecule has 0 saturated heterocycles. The number of fused-ring (bicyclic) bond motifs is 3. The standard InChI is InChI=1S/C26H24N2O6/c29-17-11-9-16(10-12-17)13-23(25(32)27-14-24(30)31)28-26(33)34-15-22-20-7-3-1-5-18(20)19-6-2-4-8-21(19)22/h1-12,22-23,29H,13-15H2,(H,27,32)(H,28,33)(H,30,31). The number of nitrogens with one attached hydrogen (secondary N) is 2. The highest BCUT2D eigenvalue weighted by atomic mass is 16.5. The molecule has 3 aromatic rings. The minimum atomic E-state index is -1.20. The summed E-state index contributed by atoms with van der Waals surface area (Å²) < 4.78 is 5.52. The molecule has 4 rings (SSSR count). The van der Waals surface area contributed by atoms with E-state index >= 15 is 0 Å². The van der Waals surface area contributed by atoms with Crippen molar-refractivity contribution in [3.8, 4) is 16.9 Å². The lowest BCUT2D eigenvalue weighted by Crippen LogP contribution is -2.49. The average molecular weight is 460 g/mol. The van der Waals surface area contributed by atoms with Crippen molar-refractivity contribution >= 4 is 18.0 Å². The van der Waals surface area contributed by atoms with Gasteiger partial charge in [-0.25, -0.2) is 4.79 Å². The lowest BCUT2D eigenvalue weighted by Gasteiger charge is -2.19. The molecular formula is C26H24N2O6. The molecule has 0 saturated carbocycles. The van der Waals surface area contributed by atoms with Crippen molar-refractivity contribution in [2.45, 2.75) is 18.4 Å². The first kappa shape index (κ1) is 22.8. The van der Waals surface area contributed by atoms with Crippen molar-refractivity contribution in [2.75, 3.05) is 13.2 Å². The monoisotopic (exact) mass is 460 g/mol. The largest absolute Gasteiger partial charge is 0.508 e. The number of benzene rings is 3. The number of ether oxygens (including phenoxy) is 1. The summed E-state index contributed by atoms with van der Waals surface area (Å²) in [5.74, 6) is -1.91. The van der Waals surface area contributed by atoms with Gasteiger partial charge in [-0.3, -0.25) is 9.59 Å². The molecule has 8 nitrogen and oxygen atoms in total. The predicted molar refractivity (Wildman–Crippen MR) is 124 cm³/mol. The highest BCUT2D eigenvalue weighted by molar-refractivity contribution is 5.88. The van der Waals surface area contributed by atoms with Crippen molar-refractivity contribution < 1.29 is 29.3 Å². The molecule has 174 valence electrons. The van der Waals surface area contributed by atoms with Gasteiger partial charge < -0.3 is 25.6 Å². The van der Waals surface area contributed by atoms with Crippen molar-refractivity contribution in [3.63, 3.8) is 0 Å². The second-order valence-electron chi connectivity index (χ2n) is 8.00. The minimum Gasteiger partial charge on any atom is -0.508 e. The van der Waals surface area contributed by atoms with Gasteiger partial charge in [0.15, 0.2) is 0 Å². The fraction of sp³-hybridized carbons (Fsp3) is 0.192. The van der Waals surface area contributed by atoms with Crippen LogP contribution in [0.1, 0.15) is 22.6 Å². The van der Waals surface area contributed by atoms with Crippen LogP contribution in [0.2, 0.25) is 0 Å². The Bertz CT molecular complexity index is 1160. The Morgan fingerprint density at radius 2 is 1.47 bits per heavy atom. The maximum atomic E-state index is 12.7. The Kier molecular flexibility index (Phi) is 6.77. The number of carbonyl (C=O) groups is 3. The van der Waals surface area contributed by atoms with Gasteiger partial charge in [-0.05, 0) is 39.9 Å². The summed E-state index contributed by atoms with van der Waals surface area (Å²) in [5.41, 5.74) is 5.01. The number of aromatic hydroxyl groups is 1. The second-order valence-corrected chi connectivity index (χ2v) is 8.00. The molecule has 0 aliphatic heterocycles. The van der Waals surface area contributed by atoms with Crippen LogP contribution in [-0.2, 0) is 20.7 Å². The fourth-order valence-electron chi connectivity index (χ4n) is 4.15. The molecule has 1 aliphatic carbocycles. The molecule has 3 aromatic carbocycles. The summed E-state index contributed by atoms with van der Waals surface area (Å²) in [4.78, 5) is 36.0. The normalized spacial score (nSPS) is 12.8. The lowest BCUT2D eigenvalue weighted by molar-refractivity contribution is -0.138. The third kappa shape index (κ3) is 5.17. The Balaban J connectivity index is 1.44. The number of hydrogen-bond donors (Lipinski definition) is 4. The summed E-state index contributed by atoms with van der Waals surface area (Å²) >= 11 is 0.